The van der Waals surface area contributed by atoms with Crippen LogP contribution in [-0.4, -0.2) is 39.5 Å². The zero-order chi connectivity index (χ0) is 14.2. The van der Waals surface area contributed by atoms with Crippen molar-refractivity contribution in [2.75, 3.05) is 19.9 Å². The number of ether oxygens (including phenoxy) is 2. The Morgan fingerprint density at radius 2 is 2.14 bits per heavy atom. The Balaban J connectivity index is 1.60. The minimum Gasteiger partial charge on any atom is -0.454 e. The van der Waals surface area contributed by atoms with E-state index < -0.39 is 0 Å². The Morgan fingerprint density at radius 1 is 1.24 bits per heavy atom. The van der Waals surface area contributed by atoms with Crippen LogP contribution in [0.5, 0.6) is 11.5 Å². The first kappa shape index (κ1) is 12.6. The van der Waals surface area contributed by atoms with Crippen molar-refractivity contribution in [3.8, 4) is 11.5 Å². The van der Waals surface area contributed by atoms with E-state index in [4.69, 9.17) is 15.2 Å². The normalized spacial score (nSPS) is 18.5. The molecule has 0 saturated heterocycles. The van der Waals surface area contributed by atoms with Crippen LogP contribution in [0.25, 0.3) is 0 Å². The highest BCUT2D eigenvalue weighted by Gasteiger charge is 2.26. The third kappa shape index (κ3) is 2.14. The van der Waals surface area contributed by atoms with Gasteiger partial charge >= 0.3 is 0 Å². The molecule has 1 unspecified atom stereocenters. The number of benzene rings is 1. The lowest BCUT2D eigenvalue weighted by atomic mass is 10.0. The summed E-state index contributed by atoms with van der Waals surface area (Å²) in [5.74, 6) is 2.58. The van der Waals surface area contributed by atoms with Gasteiger partial charge in [-0.05, 0) is 17.7 Å². The van der Waals surface area contributed by atoms with E-state index in [-0.39, 0.29) is 6.04 Å². The van der Waals surface area contributed by atoms with Crippen LogP contribution in [-0.2, 0) is 13.1 Å². The number of hydrogen-bond acceptors (Lipinski definition) is 6. The van der Waals surface area contributed by atoms with E-state index >= 15 is 0 Å². The molecule has 1 atom stereocenters. The maximum absolute atomic E-state index is 6.02. The number of fused-ring (bicyclic) bond motifs is 2. The maximum Gasteiger partial charge on any atom is 0.231 e. The highest BCUT2D eigenvalue weighted by atomic mass is 16.7. The first-order valence-corrected chi connectivity index (χ1v) is 7.05. The quantitative estimate of drug-likeness (QED) is 0.887. The van der Waals surface area contributed by atoms with E-state index in [0.29, 0.717) is 13.3 Å². The van der Waals surface area contributed by atoms with E-state index in [0.717, 1.165) is 42.5 Å². The first-order valence-electron chi connectivity index (χ1n) is 7.05. The van der Waals surface area contributed by atoms with Crippen LogP contribution in [0.15, 0.2) is 24.5 Å². The van der Waals surface area contributed by atoms with Crippen LogP contribution in [0.2, 0.25) is 0 Å². The summed E-state index contributed by atoms with van der Waals surface area (Å²) in [4.78, 5) is 2.33. The lowest BCUT2D eigenvalue weighted by Gasteiger charge is -2.34. The van der Waals surface area contributed by atoms with Gasteiger partial charge in [0.25, 0.3) is 0 Å². The van der Waals surface area contributed by atoms with E-state index in [1.165, 1.54) is 0 Å². The Morgan fingerprint density at radius 3 is 3.05 bits per heavy atom. The third-order valence-electron chi connectivity index (χ3n) is 4.11. The fraction of sp³-hybridized carbons (Fsp3) is 0.429. The smallest absolute Gasteiger partial charge is 0.231 e. The number of aromatic nitrogens is 3. The second kappa shape index (κ2) is 5.01. The molecule has 110 valence electrons. The van der Waals surface area contributed by atoms with Gasteiger partial charge in [-0.2, -0.15) is 0 Å². The van der Waals surface area contributed by atoms with Crippen molar-refractivity contribution in [2.24, 2.45) is 5.73 Å². The molecule has 7 heteroatoms. The van der Waals surface area contributed by atoms with Crippen molar-refractivity contribution in [3.05, 3.63) is 35.9 Å². The van der Waals surface area contributed by atoms with Gasteiger partial charge in [-0.3, -0.25) is 4.90 Å². The van der Waals surface area contributed by atoms with Crippen molar-refractivity contribution >= 4 is 0 Å². The van der Waals surface area contributed by atoms with Crippen LogP contribution >= 0.6 is 0 Å². The molecule has 2 aromatic rings. The Kier molecular flexibility index (Phi) is 3.01. The fourth-order valence-electron chi connectivity index (χ4n) is 2.97. The zero-order valence-corrected chi connectivity index (χ0v) is 11.6. The average molecular weight is 287 g/mol. The summed E-state index contributed by atoms with van der Waals surface area (Å²) < 4.78 is 12.9. The van der Waals surface area contributed by atoms with Crippen LogP contribution in [0.4, 0.5) is 0 Å². The van der Waals surface area contributed by atoms with Crippen molar-refractivity contribution in [1.82, 2.24) is 19.7 Å². The minimum absolute atomic E-state index is 0.143. The number of hydrogen-bond donors (Lipinski definition) is 1. The van der Waals surface area contributed by atoms with Crippen LogP contribution in [0, 0.1) is 0 Å². The molecule has 0 fully saturated rings. The van der Waals surface area contributed by atoms with Crippen LogP contribution in [0.3, 0.4) is 0 Å². The predicted octanol–water partition coefficient (Wildman–Crippen LogP) is 0.522. The molecule has 0 amide bonds. The van der Waals surface area contributed by atoms with Gasteiger partial charge in [-0.1, -0.05) is 6.07 Å². The molecule has 0 spiro atoms. The average Bonchev–Trinajstić information content (AvgIpc) is 3.15. The Labute approximate surface area is 122 Å². The first-order chi connectivity index (χ1) is 10.3. The van der Waals surface area contributed by atoms with E-state index in [1.807, 2.05) is 12.1 Å². The molecule has 2 aliphatic heterocycles. The summed E-state index contributed by atoms with van der Waals surface area (Å²) in [5, 5.41) is 8.12. The van der Waals surface area contributed by atoms with Gasteiger partial charge in [-0.15, -0.1) is 10.2 Å². The molecule has 0 bridgehead atoms. The molecule has 1 aromatic heterocycles. The summed E-state index contributed by atoms with van der Waals surface area (Å²) in [6.45, 7) is 3.42. The summed E-state index contributed by atoms with van der Waals surface area (Å²) >= 11 is 0. The summed E-state index contributed by atoms with van der Waals surface area (Å²) in [6, 6.07) is 6.18. The third-order valence-corrected chi connectivity index (χ3v) is 4.11. The topological polar surface area (TPSA) is 78.4 Å². The molecule has 2 N–H and O–H groups in total. The van der Waals surface area contributed by atoms with Gasteiger partial charge in [0.2, 0.25) is 6.79 Å². The van der Waals surface area contributed by atoms with Gasteiger partial charge in [0.1, 0.15) is 12.2 Å². The van der Waals surface area contributed by atoms with Crippen LogP contribution in [0.1, 0.15) is 17.4 Å². The molecule has 7 nitrogen and oxygen atoms in total. The highest BCUT2D eigenvalue weighted by molar-refractivity contribution is 5.45. The zero-order valence-electron chi connectivity index (χ0n) is 11.6. The molecule has 21 heavy (non-hydrogen) atoms. The minimum atomic E-state index is 0.143. The molecular weight excluding hydrogens is 270 g/mol. The molecule has 0 saturated carbocycles. The van der Waals surface area contributed by atoms with Gasteiger partial charge in [-0.25, -0.2) is 0 Å². The molecule has 0 radical (unpaired) electrons. The van der Waals surface area contributed by atoms with Gasteiger partial charge in [0.05, 0.1) is 6.54 Å². The molecular formula is C14H17N5O2. The number of nitrogens with two attached hydrogens (primary N) is 1. The van der Waals surface area contributed by atoms with Crippen molar-refractivity contribution in [3.63, 3.8) is 0 Å². The summed E-state index contributed by atoms with van der Waals surface area (Å²) in [7, 11) is 0. The Hall–Kier alpha value is -2.12. The van der Waals surface area contributed by atoms with Crippen molar-refractivity contribution < 1.29 is 9.47 Å². The predicted molar refractivity (Wildman–Crippen MR) is 74.8 cm³/mol. The highest BCUT2D eigenvalue weighted by Crippen LogP contribution is 2.35. The summed E-state index contributed by atoms with van der Waals surface area (Å²) in [6.07, 6.45) is 1.78. The molecule has 1 aromatic carbocycles. The lowest BCUT2D eigenvalue weighted by molar-refractivity contribution is 0.156. The lowest BCUT2D eigenvalue weighted by Crippen LogP contribution is -2.39. The molecule has 4 rings (SSSR count). The van der Waals surface area contributed by atoms with Gasteiger partial charge < -0.3 is 19.8 Å². The largest absolute Gasteiger partial charge is 0.454 e. The van der Waals surface area contributed by atoms with E-state index in [1.54, 1.807) is 6.33 Å². The Bertz CT molecular complexity index is 657. The molecule has 0 aliphatic carbocycles. The second-order valence-electron chi connectivity index (χ2n) is 5.28. The van der Waals surface area contributed by atoms with E-state index in [2.05, 4.69) is 25.7 Å². The second-order valence-corrected chi connectivity index (χ2v) is 5.28. The fourth-order valence-corrected chi connectivity index (χ4v) is 2.97. The molecule has 2 aliphatic rings. The van der Waals surface area contributed by atoms with Crippen molar-refractivity contribution in [1.29, 1.82) is 0 Å². The van der Waals surface area contributed by atoms with Gasteiger partial charge in [0, 0.05) is 25.7 Å². The monoisotopic (exact) mass is 287 g/mol. The number of rotatable bonds is 3. The summed E-state index contributed by atoms with van der Waals surface area (Å²) in [5.41, 5.74) is 7.17. The SMILES string of the molecule is NCC(c1ccc2c(c1)OCO2)N1CCn2cnnc2C1. The molecule has 3 heterocycles. The van der Waals surface area contributed by atoms with Crippen molar-refractivity contribution in [2.45, 2.75) is 19.1 Å². The van der Waals surface area contributed by atoms with Crippen LogP contribution < -0.4 is 15.2 Å². The number of nitrogens with zero attached hydrogens (tertiary/aromatic N) is 4. The van der Waals surface area contributed by atoms with Gasteiger partial charge in [0.15, 0.2) is 11.5 Å². The maximum atomic E-state index is 6.02. The van der Waals surface area contributed by atoms with E-state index in [9.17, 15) is 0 Å². The standard InChI is InChI=1S/C14H17N5O2/c15-6-11(10-1-2-12-13(5-10)21-9-20-12)18-3-4-19-8-16-17-14(19)7-18/h1-2,5,8,11H,3-4,6-7,9,15H2.